The van der Waals surface area contributed by atoms with E-state index in [1.165, 1.54) is 12.0 Å². The third-order valence-corrected chi connectivity index (χ3v) is 2.64. The van der Waals surface area contributed by atoms with E-state index in [0.717, 1.165) is 0 Å². The third kappa shape index (κ3) is 1.13. The SMILES string of the molecule is CC1=[C]([Zr+2])CC=C1.[H-].[H-]. The van der Waals surface area contributed by atoms with Crippen molar-refractivity contribution in [2.75, 3.05) is 0 Å². The van der Waals surface area contributed by atoms with Crippen LogP contribution in [0.2, 0.25) is 0 Å². The number of allylic oxidation sites excluding steroid dienone is 4. The van der Waals surface area contributed by atoms with Crippen LogP contribution in [0, 0.1) is 0 Å². The van der Waals surface area contributed by atoms with E-state index in [1.54, 1.807) is 28.0 Å². The van der Waals surface area contributed by atoms with Gasteiger partial charge < -0.3 is 2.85 Å². The van der Waals surface area contributed by atoms with E-state index < -0.39 is 0 Å². The Morgan fingerprint density at radius 2 is 2.57 bits per heavy atom. The minimum absolute atomic E-state index is 0. The van der Waals surface area contributed by atoms with Crippen LogP contribution in [0.1, 0.15) is 16.2 Å². The van der Waals surface area contributed by atoms with Crippen molar-refractivity contribution in [2.45, 2.75) is 13.3 Å². The summed E-state index contributed by atoms with van der Waals surface area (Å²) in [5.74, 6) is 0. The van der Waals surface area contributed by atoms with Crippen molar-refractivity contribution in [3.05, 3.63) is 21.0 Å². The van der Waals surface area contributed by atoms with Crippen LogP contribution in [-0.4, -0.2) is 0 Å². The fourth-order valence-corrected chi connectivity index (χ4v) is 1.11. The van der Waals surface area contributed by atoms with Crippen LogP contribution < -0.4 is 0 Å². The molecule has 0 atom stereocenters. The standard InChI is InChI=1S/C6H7.Zr.2H/c1-6-4-2-3-5-6;;;/h2,4H,3H2,1H3;;;/q;+2;2*-1. The predicted molar refractivity (Wildman–Crippen MR) is 28.7 cm³/mol. The molecule has 0 bridgehead atoms. The van der Waals surface area contributed by atoms with Gasteiger partial charge in [0.05, 0.1) is 0 Å². The first kappa shape index (κ1) is 5.50. The summed E-state index contributed by atoms with van der Waals surface area (Å²) in [7, 11) is 0. The molecule has 0 nitrogen and oxygen atoms in total. The van der Waals surface area contributed by atoms with Crippen LogP contribution in [0.3, 0.4) is 0 Å². The molecule has 0 N–H and O–H groups in total. The van der Waals surface area contributed by atoms with Gasteiger partial charge in [0.2, 0.25) is 0 Å². The molecule has 0 aromatic rings. The summed E-state index contributed by atoms with van der Waals surface area (Å²) >= 11 is 1.58. The molecule has 0 aromatic carbocycles. The van der Waals surface area contributed by atoms with E-state index in [1.807, 2.05) is 0 Å². The molecule has 0 spiro atoms. The van der Waals surface area contributed by atoms with E-state index in [4.69, 9.17) is 0 Å². The normalized spacial score (nSPS) is 19.3. The Kier molecular flexibility index (Phi) is 1.64. The van der Waals surface area contributed by atoms with E-state index in [2.05, 4.69) is 19.1 Å². The molecule has 0 aliphatic heterocycles. The predicted octanol–water partition coefficient (Wildman–Crippen LogP) is 1.99. The van der Waals surface area contributed by atoms with Crippen LogP contribution in [0.4, 0.5) is 0 Å². The van der Waals surface area contributed by atoms with Gasteiger partial charge in [-0.15, -0.1) is 0 Å². The maximum Gasteiger partial charge on any atom is -1.00 e. The van der Waals surface area contributed by atoms with Gasteiger partial charge in [0.25, 0.3) is 0 Å². The van der Waals surface area contributed by atoms with Crippen molar-refractivity contribution in [3.63, 3.8) is 0 Å². The zero-order valence-electron chi connectivity index (χ0n) is 6.36. The Labute approximate surface area is 62.1 Å². The average Bonchev–Trinajstić information content (AvgIpc) is 1.91. The van der Waals surface area contributed by atoms with E-state index >= 15 is 0 Å². The second kappa shape index (κ2) is 2.09. The minimum Gasteiger partial charge on any atom is -1.00 e. The first-order chi connectivity index (χ1) is 3.30. The van der Waals surface area contributed by atoms with Gasteiger partial charge in [0, 0.05) is 0 Å². The molecule has 37 valence electrons. The molecule has 0 radical (unpaired) electrons. The van der Waals surface area contributed by atoms with E-state index in [-0.39, 0.29) is 2.85 Å². The van der Waals surface area contributed by atoms with Gasteiger partial charge in [-0.2, -0.15) is 0 Å². The monoisotopic (exact) mass is 171 g/mol. The molecular formula is C6H9Zr. The first-order valence-electron chi connectivity index (χ1n) is 2.38. The average molecular weight is 172 g/mol. The molecule has 1 rings (SSSR count). The molecular weight excluding hydrogens is 163 g/mol. The Bertz CT molecular complexity index is 138. The van der Waals surface area contributed by atoms with Gasteiger partial charge >= 0.3 is 59.1 Å². The summed E-state index contributed by atoms with van der Waals surface area (Å²) in [5.41, 5.74) is 1.48. The van der Waals surface area contributed by atoms with Crippen molar-refractivity contribution < 1.29 is 27.6 Å². The Balaban J connectivity index is 0. The fourth-order valence-electron chi connectivity index (χ4n) is 0.615. The molecule has 0 unspecified atom stereocenters. The minimum atomic E-state index is 0. The molecule has 7 heavy (non-hydrogen) atoms. The fraction of sp³-hybridized carbons (Fsp3) is 0.333. The van der Waals surface area contributed by atoms with Gasteiger partial charge in [-0.05, 0) is 0 Å². The van der Waals surface area contributed by atoms with Crippen molar-refractivity contribution in [3.8, 4) is 0 Å². The van der Waals surface area contributed by atoms with Crippen LogP contribution in [-0.2, 0) is 24.7 Å². The zero-order valence-corrected chi connectivity index (χ0v) is 6.82. The maximum absolute atomic E-state index is 2.22. The third-order valence-electron chi connectivity index (χ3n) is 1.17. The van der Waals surface area contributed by atoms with Crippen molar-refractivity contribution in [1.29, 1.82) is 0 Å². The van der Waals surface area contributed by atoms with Gasteiger partial charge in [-0.3, -0.25) is 0 Å². The molecule has 0 heterocycles. The molecule has 1 aliphatic carbocycles. The van der Waals surface area contributed by atoms with E-state index in [0.29, 0.717) is 0 Å². The molecule has 0 aromatic heterocycles. The number of rotatable bonds is 0. The number of hydrogen-bond acceptors (Lipinski definition) is 0. The molecule has 1 aliphatic rings. The summed E-state index contributed by atoms with van der Waals surface area (Å²) in [6.45, 7) is 2.17. The van der Waals surface area contributed by atoms with Gasteiger partial charge in [0.15, 0.2) is 0 Å². The van der Waals surface area contributed by atoms with Crippen molar-refractivity contribution >= 4 is 0 Å². The van der Waals surface area contributed by atoms with Crippen LogP contribution in [0.25, 0.3) is 0 Å². The van der Waals surface area contributed by atoms with E-state index in [9.17, 15) is 0 Å². The smallest absolute Gasteiger partial charge is 1.00 e. The van der Waals surface area contributed by atoms with Crippen molar-refractivity contribution in [2.24, 2.45) is 0 Å². The van der Waals surface area contributed by atoms with Gasteiger partial charge in [-0.25, -0.2) is 0 Å². The molecule has 0 saturated carbocycles. The summed E-state index contributed by atoms with van der Waals surface area (Å²) < 4.78 is 1.60. The molecule has 0 fully saturated rings. The Hall–Kier alpha value is 0.363. The van der Waals surface area contributed by atoms with Crippen LogP contribution >= 0.6 is 0 Å². The second-order valence-electron chi connectivity index (χ2n) is 1.77. The Morgan fingerprint density at radius 1 is 1.86 bits per heavy atom. The molecule has 0 saturated heterocycles. The zero-order chi connectivity index (χ0) is 5.28. The Morgan fingerprint density at radius 3 is 2.71 bits per heavy atom. The van der Waals surface area contributed by atoms with Gasteiger partial charge in [0.1, 0.15) is 0 Å². The summed E-state index contributed by atoms with van der Waals surface area (Å²) in [4.78, 5) is 0. The van der Waals surface area contributed by atoms with Gasteiger partial charge in [-0.1, -0.05) is 0 Å². The van der Waals surface area contributed by atoms with Crippen molar-refractivity contribution in [1.82, 2.24) is 0 Å². The molecule has 1 heteroatoms. The van der Waals surface area contributed by atoms with Crippen LogP contribution in [0.15, 0.2) is 21.0 Å². The second-order valence-corrected chi connectivity index (χ2v) is 3.25. The quantitative estimate of drug-likeness (QED) is 0.524. The first-order valence-corrected chi connectivity index (χ1v) is 3.61. The maximum atomic E-state index is 2.22. The topological polar surface area (TPSA) is 0 Å². The molecule has 0 amide bonds. The summed E-state index contributed by atoms with van der Waals surface area (Å²) in [6.07, 6.45) is 5.63. The van der Waals surface area contributed by atoms with Crippen LogP contribution in [0.5, 0.6) is 0 Å². The summed E-state index contributed by atoms with van der Waals surface area (Å²) in [5, 5.41) is 0. The largest absolute Gasteiger partial charge is 1.00 e. The number of hydrogen-bond donors (Lipinski definition) is 0. The summed E-state index contributed by atoms with van der Waals surface area (Å²) in [6, 6.07) is 0.